The highest BCUT2D eigenvalue weighted by Crippen LogP contribution is 2.33. The Kier molecular flexibility index (Phi) is 4.54. The number of aliphatic hydroxyl groups is 1. The van der Waals surface area contributed by atoms with Crippen molar-refractivity contribution in [3.63, 3.8) is 0 Å². The van der Waals surface area contributed by atoms with Gasteiger partial charge >= 0.3 is 0 Å². The highest BCUT2D eigenvalue weighted by atomic mass is 16.5. The van der Waals surface area contributed by atoms with E-state index in [9.17, 15) is 5.11 Å². The fraction of sp³-hybridized carbons (Fsp3) is 0.571. The maximum absolute atomic E-state index is 10.5. The summed E-state index contributed by atoms with van der Waals surface area (Å²) in [6, 6.07) is 7.52. The Bertz CT molecular complexity index is 358. The van der Waals surface area contributed by atoms with E-state index in [0.29, 0.717) is 5.75 Å². The van der Waals surface area contributed by atoms with Crippen LogP contribution in [0.2, 0.25) is 0 Å². The normalized spacial score (nSPS) is 16.6. The molecule has 0 aliphatic carbocycles. The molecule has 0 aliphatic heterocycles. The van der Waals surface area contributed by atoms with Crippen molar-refractivity contribution in [3.05, 3.63) is 29.8 Å². The van der Waals surface area contributed by atoms with Crippen LogP contribution < -0.4 is 4.74 Å². The van der Waals surface area contributed by atoms with Gasteiger partial charge in [-0.2, -0.15) is 0 Å². The molecule has 3 heteroatoms. The van der Waals surface area contributed by atoms with Crippen molar-refractivity contribution in [1.82, 2.24) is 0 Å². The number of para-hydroxylation sites is 1. The van der Waals surface area contributed by atoms with Crippen LogP contribution in [0.1, 0.15) is 33.3 Å². The molecule has 96 valence electrons. The Morgan fingerprint density at radius 1 is 1.18 bits per heavy atom. The summed E-state index contributed by atoms with van der Waals surface area (Å²) in [5, 5.41) is 10.5. The van der Waals surface area contributed by atoms with Gasteiger partial charge in [0.1, 0.15) is 11.4 Å². The van der Waals surface area contributed by atoms with Gasteiger partial charge in [0.15, 0.2) is 0 Å². The van der Waals surface area contributed by atoms with Gasteiger partial charge in [-0.25, -0.2) is 0 Å². The molecule has 0 aliphatic rings. The standard InChI is InChI=1S/C14H22O3/c1-10(2)17-13-9-7-6-8-12(13)14(4,15)11(3)16-5/h6-11,15H,1-5H3. The van der Waals surface area contributed by atoms with E-state index in [2.05, 4.69) is 0 Å². The van der Waals surface area contributed by atoms with E-state index in [1.807, 2.05) is 45.0 Å². The zero-order valence-electron chi connectivity index (χ0n) is 11.2. The molecule has 0 saturated heterocycles. The lowest BCUT2D eigenvalue weighted by atomic mass is 9.90. The first-order valence-corrected chi connectivity index (χ1v) is 5.91. The minimum Gasteiger partial charge on any atom is -0.491 e. The van der Waals surface area contributed by atoms with Gasteiger partial charge < -0.3 is 14.6 Å². The number of rotatable bonds is 5. The van der Waals surface area contributed by atoms with Crippen molar-refractivity contribution in [2.24, 2.45) is 0 Å². The van der Waals surface area contributed by atoms with Gasteiger partial charge in [-0.15, -0.1) is 0 Å². The third kappa shape index (κ3) is 3.20. The first-order chi connectivity index (χ1) is 7.89. The molecule has 0 bridgehead atoms. The highest BCUT2D eigenvalue weighted by molar-refractivity contribution is 5.38. The van der Waals surface area contributed by atoms with Crippen LogP contribution in [0.15, 0.2) is 24.3 Å². The van der Waals surface area contributed by atoms with Gasteiger partial charge in [0, 0.05) is 12.7 Å². The number of hydrogen-bond acceptors (Lipinski definition) is 3. The average molecular weight is 238 g/mol. The molecule has 1 aromatic carbocycles. The van der Waals surface area contributed by atoms with Gasteiger partial charge in [0.2, 0.25) is 0 Å². The van der Waals surface area contributed by atoms with E-state index in [1.165, 1.54) is 0 Å². The zero-order valence-corrected chi connectivity index (χ0v) is 11.2. The minimum absolute atomic E-state index is 0.0739. The fourth-order valence-electron chi connectivity index (χ4n) is 1.69. The van der Waals surface area contributed by atoms with E-state index in [-0.39, 0.29) is 12.2 Å². The summed E-state index contributed by atoms with van der Waals surface area (Å²) in [6.45, 7) is 7.51. The first-order valence-electron chi connectivity index (χ1n) is 5.91. The highest BCUT2D eigenvalue weighted by Gasteiger charge is 2.33. The second-order valence-electron chi connectivity index (χ2n) is 4.69. The van der Waals surface area contributed by atoms with Crippen LogP contribution in [0.3, 0.4) is 0 Å². The molecule has 3 nitrogen and oxygen atoms in total. The van der Waals surface area contributed by atoms with Crippen LogP contribution in [-0.2, 0) is 10.3 Å². The molecular weight excluding hydrogens is 216 g/mol. The van der Waals surface area contributed by atoms with Crippen LogP contribution in [0.25, 0.3) is 0 Å². The number of benzene rings is 1. The molecule has 0 radical (unpaired) electrons. The van der Waals surface area contributed by atoms with Gasteiger partial charge in [0.05, 0.1) is 12.2 Å². The van der Waals surface area contributed by atoms with Crippen molar-refractivity contribution in [2.45, 2.75) is 45.5 Å². The van der Waals surface area contributed by atoms with Gasteiger partial charge in [-0.05, 0) is 33.8 Å². The first kappa shape index (κ1) is 14.0. The fourth-order valence-corrected chi connectivity index (χ4v) is 1.69. The minimum atomic E-state index is -1.07. The molecular formula is C14H22O3. The molecule has 2 unspecified atom stereocenters. The summed E-state index contributed by atoms with van der Waals surface area (Å²) in [7, 11) is 1.59. The molecule has 0 heterocycles. The summed E-state index contributed by atoms with van der Waals surface area (Å²) >= 11 is 0. The number of ether oxygens (including phenoxy) is 2. The molecule has 0 fully saturated rings. The summed E-state index contributed by atoms with van der Waals surface area (Å²) in [5.74, 6) is 0.705. The van der Waals surface area contributed by atoms with E-state index in [4.69, 9.17) is 9.47 Å². The molecule has 0 amide bonds. The lowest BCUT2D eigenvalue weighted by molar-refractivity contribution is -0.0786. The summed E-state index contributed by atoms with van der Waals surface area (Å²) < 4.78 is 10.9. The maximum atomic E-state index is 10.5. The quantitative estimate of drug-likeness (QED) is 0.857. The molecule has 17 heavy (non-hydrogen) atoms. The second-order valence-corrected chi connectivity index (χ2v) is 4.69. The van der Waals surface area contributed by atoms with Crippen molar-refractivity contribution in [2.75, 3.05) is 7.11 Å². The third-order valence-electron chi connectivity index (χ3n) is 2.94. The predicted octanol–water partition coefficient (Wildman–Crippen LogP) is 2.72. The van der Waals surface area contributed by atoms with Crippen molar-refractivity contribution >= 4 is 0 Å². The van der Waals surface area contributed by atoms with Crippen molar-refractivity contribution in [3.8, 4) is 5.75 Å². The van der Waals surface area contributed by atoms with Gasteiger partial charge in [-0.3, -0.25) is 0 Å². The van der Waals surface area contributed by atoms with Crippen LogP contribution in [-0.4, -0.2) is 24.4 Å². The third-order valence-corrected chi connectivity index (χ3v) is 2.94. The molecule has 0 aromatic heterocycles. The number of methoxy groups -OCH3 is 1. The largest absolute Gasteiger partial charge is 0.491 e. The topological polar surface area (TPSA) is 38.7 Å². The van der Waals surface area contributed by atoms with Gasteiger partial charge in [-0.1, -0.05) is 18.2 Å². The summed E-state index contributed by atoms with van der Waals surface area (Å²) in [6.07, 6.45) is -0.232. The predicted molar refractivity (Wildman–Crippen MR) is 68.2 cm³/mol. The van der Waals surface area contributed by atoms with E-state index < -0.39 is 5.60 Å². The van der Waals surface area contributed by atoms with Gasteiger partial charge in [0.25, 0.3) is 0 Å². The Morgan fingerprint density at radius 3 is 2.29 bits per heavy atom. The Hall–Kier alpha value is -1.06. The second kappa shape index (κ2) is 5.52. The SMILES string of the molecule is COC(C)C(C)(O)c1ccccc1OC(C)C. The zero-order chi connectivity index (χ0) is 13.1. The molecule has 1 rings (SSSR count). The molecule has 0 saturated carbocycles. The van der Waals surface area contributed by atoms with Crippen LogP contribution in [0.4, 0.5) is 0 Å². The van der Waals surface area contributed by atoms with Crippen LogP contribution in [0.5, 0.6) is 5.75 Å². The van der Waals surface area contributed by atoms with Crippen LogP contribution in [0, 0.1) is 0 Å². The molecule has 2 atom stereocenters. The summed E-state index contributed by atoms with van der Waals surface area (Å²) in [4.78, 5) is 0. The Morgan fingerprint density at radius 2 is 1.76 bits per heavy atom. The summed E-state index contributed by atoms with van der Waals surface area (Å²) in [5.41, 5.74) is -0.316. The molecule has 1 aromatic rings. The smallest absolute Gasteiger partial charge is 0.125 e. The molecule has 1 N–H and O–H groups in total. The van der Waals surface area contributed by atoms with E-state index >= 15 is 0 Å². The van der Waals surface area contributed by atoms with Crippen molar-refractivity contribution in [1.29, 1.82) is 0 Å². The van der Waals surface area contributed by atoms with Crippen molar-refractivity contribution < 1.29 is 14.6 Å². The van der Waals surface area contributed by atoms with Crippen LogP contribution >= 0.6 is 0 Å². The Labute approximate surface area is 103 Å². The van der Waals surface area contributed by atoms with E-state index in [0.717, 1.165) is 5.56 Å². The van der Waals surface area contributed by atoms with E-state index in [1.54, 1.807) is 14.0 Å². The average Bonchev–Trinajstić information content (AvgIpc) is 2.27. The maximum Gasteiger partial charge on any atom is 0.125 e. The number of hydrogen-bond donors (Lipinski definition) is 1. The monoisotopic (exact) mass is 238 g/mol. The molecule has 0 spiro atoms. The Balaban J connectivity index is 3.12. The lowest BCUT2D eigenvalue weighted by Crippen LogP contribution is -2.36. The lowest BCUT2D eigenvalue weighted by Gasteiger charge is -2.31.